The van der Waals surface area contributed by atoms with E-state index in [9.17, 15) is 4.79 Å². The summed E-state index contributed by atoms with van der Waals surface area (Å²) in [4.78, 5) is 16.4. The van der Waals surface area contributed by atoms with Gasteiger partial charge in [-0.05, 0) is 31.2 Å². The van der Waals surface area contributed by atoms with Gasteiger partial charge in [0.1, 0.15) is 17.1 Å². The van der Waals surface area contributed by atoms with E-state index in [1.807, 2.05) is 41.8 Å². The van der Waals surface area contributed by atoms with Crippen molar-refractivity contribution >= 4 is 11.6 Å². The molecule has 0 saturated carbocycles. The van der Waals surface area contributed by atoms with E-state index >= 15 is 0 Å². The molecule has 0 fully saturated rings. The number of hydrogen-bond acceptors (Lipinski definition) is 3. The number of nitrogens with zero attached hydrogens (tertiary/aromatic N) is 2. The second-order valence-electron chi connectivity index (χ2n) is 4.24. The summed E-state index contributed by atoms with van der Waals surface area (Å²) >= 11 is 0. The summed E-state index contributed by atoms with van der Waals surface area (Å²) in [6, 6.07) is 9.28. The quantitative estimate of drug-likeness (QED) is 0.780. The van der Waals surface area contributed by atoms with E-state index in [0.717, 1.165) is 17.1 Å². The van der Waals surface area contributed by atoms with Crippen molar-refractivity contribution in [1.82, 2.24) is 14.7 Å². The van der Waals surface area contributed by atoms with Crippen LogP contribution in [0.5, 0.6) is 0 Å². The first-order valence-corrected chi connectivity index (χ1v) is 6.00. The Bertz CT molecular complexity index is 713. The van der Waals surface area contributed by atoms with Gasteiger partial charge in [-0.3, -0.25) is 4.79 Å². The number of rotatable bonds is 3. The van der Waals surface area contributed by atoms with Gasteiger partial charge in [0.25, 0.3) is 5.91 Å². The summed E-state index contributed by atoms with van der Waals surface area (Å²) in [6.07, 6.45) is 3.47. The molecule has 3 heterocycles. The zero-order valence-corrected chi connectivity index (χ0v) is 10.5. The Kier molecular flexibility index (Phi) is 2.79. The van der Waals surface area contributed by atoms with Crippen LogP contribution < -0.4 is 5.32 Å². The molecule has 19 heavy (non-hydrogen) atoms. The molecule has 0 aliphatic carbocycles. The maximum atomic E-state index is 12.1. The lowest BCUT2D eigenvalue weighted by molar-refractivity contribution is 0.0943. The highest BCUT2D eigenvalue weighted by atomic mass is 16.3. The van der Waals surface area contributed by atoms with Crippen LogP contribution in [0.25, 0.3) is 5.65 Å². The van der Waals surface area contributed by atoms with E-state index in [4.69, 9.17) is 4.42 Å². The van der Waals surface area contributed by atoms with Gasteiger partial charge in [-0.25, -0.2) is 4.98 Å². The molecule has 0 bridgehead atoms. The number of aromatic nitrogens is 2. The van der Waals surface area contributed by atoms with Gasteiger partial charge in [0.2, 0.25) is 0 Å². The van der Waals surface area contributed by atoms with Gasteiger partial charge in [0.05, 0.1) is 18.5 Å². The second-order valence-corrected chi connectivity index (χ2v) is 4.24. The molecule has 0 aliphatic heterocycles. The number of nitrogens with one attached hydrogen (secondary N) is 1. The predicted octanol–water partition coefficient (Wildman–Crippen LogP) is 2.17. The van der Waals surface area contributed by atoms with Crippen LogP contribution in [-0.2, 0) is 6.54 Å². The molecular formula is C14H13N3O2. The Balaban J connectivity index is 1.83. The standard InChI is InChI=1S/C14H13N3O2/c1-10-13(16-12-6-2-3-7-17(10)12)14(18)15-9-11-5-4-8-19-11/h2-8H,9H2,1H3,(H,15,18). The lowest BCUT2D eigenvalue weighted by atomic mass is 10.3. The topological polar surface area (TPSA) is 59.5 Å². The molecule has 0 aromatic carbocycles. The normalized spacial score (nSPS) is 10.8. The van der Waals surface area contributed by atoms with Crippen molar-refractivity contribution in [2.75, 3.05) is 0 Å². The Hall–Kier alpha value is -2.56. The molecule has 0 saturated heterocycles. The largest absolute Gasteiger partial charge is 0.467 e. The highest BCUT2D eigenvalue weighted by Gasteiger charge is 2.15. The number of furan rings is 1. The summed E-state index contributed by atoms with van der Waals surface area (Å²) in [7, 11) is 0. The average Bonchev–Trinajstić information content (AvgIpc) is 3.05. The van der Waals surface area contributed by atoms with Crippen LogP contribution in [0.2, 0.25) is 0 Å². The van der Waals surface area contributed by atoms with E-state index in [0.29, 0.717) is 12.2 Å². The molecule has 3 rings (SSSR count). The first kappa shape index (κ1) is 11.5. The zero-order valence-electron chi connectivity index (χ0n) is 10.5. The second kappa shape index (κ2) is 4.61. The van der Waals surface area contributed by atoms with Crippen LogP contribution in [0.3, 0.4) is 0 Å². The van der Waals surface area contributed by atoms with E-state index in [2.05, 4.69) is 10.3 Å². The number of imidazole rings is 1. The van der Waals surface area contributed by atoms with Crippen LogP contribution in [0.1, 0.15) is 21.9 Å². The Morgan fingerprint density at radius 3 is 3.00 bits per heavy atom. The van der Waals surface area contributed by atoms with Crippen molar-refractivity contribution in [3.05, 3.63) is 59.9 Å². The van der Waals surface area contributed by atoms with Gasteiger partial charge in [-0.2, -0.15) is 0 Å². The summed E-state index contributed by atoms with van der Waals surface area (Å²) in [6.45, 7) is 2.24. The molecule has 3 aromatic heterocycles. The third-order valence-corrected chi connectivity index (χ3v) is 2.99. The van der Waals surface area contributed by atoms with Gasteiger partial charge in [0, 0.05) is 6.20 Å². The molecule has 0 spiro atoms. The Morgan fingerprint density at radius 1 is 1.37 bits per heavy atom. The molecule has 0 radical (unpaired) electrons. The highest BCUT2D eigenvalue weighted by Crippen LogP contribution is 2.11. The first-order chi connectivity index (χ1) is 9.25. The van der Waals surface area contributed by atoms with Crippen molar-refractivity contribution in [1.29, 1.82) is 0 Å². The number of aryl methyl sites for hydroxylation is 1. The molecule has 0 atom stereocenters. The molecule has 0 unspecified atom stereocenters. The smallest absolute Gasteiger partial charge is 0.272 e. The third-order valence-electron chi connectivity index (χ3n) is 2.99. The Labute approximate surface area is 109 Å². The molecule has 96 valence electrons. The predicted molar refractivity (Wildman–Crippen MR) is 69.8 cm³/mol. The molecule has 5 heteroatoms. The number of carbonyl (C=O) groups excluding carboxylic acids is 1. The van der Waals surface area contributed by atoms with E-state index in [-0.39, 0.29) is 5.91 Å². The van der Waals surface area contributed by atoms with Crippen LogP contribution in [0.15, 0.2) is 47.2 Å². The van der Waals surface area contributed by atoms with Gasteiger partial charge in [-0.1, -0.05) is 6.07 Å². The maximum Gasteiger partial charge on any atom is 0.272 e. The number of carbonyl (C=O) groups is 1. The molecule has 0 aliphatic rings. The molecule has 1 N–H and O–H groups in total. The third kappa shape index (κ3) is 2.10. The van der Waals surface area contributed by atoms with Crippen molar-refractivity contribution in [2.45, 2.75) is 13.5 Å². The fourth-order valence-corrected chi connectivity index (χ4v) is 2.00. The molecule has 1 amide bonds. The van der Waals surface area contributed by atoms with Crippen LogP contribution in [0, 0.1) is 6.92 Å². The zero-order chi connectivity index (χ0) is 13.2. The van der Waals surface area contributed by atoms with Crippen LogP contribution >= 0.6 is 0 Å². The summed E-state index contributed by atoms with van der Waals surface area (Å²) in [5, 5.41) is 2.79. The Morgan fingerprint density at radius 2 is 2.26 bits per heavy atom. The average molecular weight is 255 g/mol. The summed E-state index contributed by atoms with van der Waals surface area (Å²) in [5.41, 5.74) is 2.04. The fraction of sp³-hybridized carbons (Fsp3) is 0.143. The minimum atomic E-state index is -0.197. The first-order valence-electron chi connectivity index (χ1n) is 6.00. The van der Waals surface area contributed by atoms with E-state index in [1.54, 1.807) is 12.3 Å². The molecule has 5 nitrogen and oxygen atoms in total. The maximum absolute atomic E-state index is 12.1. The van der Waals surface area contributed by atoms with Crippen molar-refractivity contribution in [2.24, 2.45) is 0 Å². The monoisotopic (exact) mass is 255 g/mol. The SMILES string of the molecule is Cc1c(C(=O)NCc2ccco2)nc2ccccn12. The van der Waals surface area contributed by atoms with Crippen LogP contribution in [0.4, 0.5) is 0 Å². The van der Waals surface area contributed by atoms with E-state index < -0.39 is 0 Å². The summed E-state index contributed by atoms with van der Waals surface area (Å²) in [5.74, 6) is 0.521. The lowest BCUT2D eigenvalue weighted by Crippen LogP contribution is -2.23. The van der Waals surface area contributed by atoms with Gasteiger partial charge in [0.15, 0.2) is 0 Å². The minimum absolute atomic E-state index is 0.197. The van der Waals surface area contributed by atoms with Gasteiger partial charge >= 0.3 is 0 Å². The summed E-state index contributed by atoms with van der Waals surface area (Å²) < 4.78 is 7.06. The number of fused-ring (bicyclic) bond motifs is 1. The molecule has 3 aromatic rings. The number of amides is 1. The highest BCUT2D eigenvalue weighted by molar-refractivity contribution is 5.94. The van der Waals surface area contributed by atoms with Gasteiger partial charge < -0.3 is 14.1 Å². The van der Waals surface area contributed by atoms with E-state index in [1.165, 1.54) is 0 Å². The van der Waals surface area contributed by atoms with Crippen molar-refractivity contribution < 1.29 is 9.21 Å². The fourth-order valence-electron chi connectivity index (χ4n) is 2.00. The number of pyridine rings is 1. The van der Waals surface area contributed by atoms with Gasteiger partial charge in [-0.15, -0.1) is 0 Å². The van der Waals surface area contributed by atoms with Crippen molar-refractivity contribution in [3.8, 4) is 0 Å². The molecular weight excluding hydrogens is 242 g/mol. The minimum Gasteiger partial charge on any atom is -0.467 e. The van der Waals surface area contributed by atoms with Crippen molar-refractivity contribution in [3.63, 3.8) is 0 Å². The number of hydrogen-bond donors (Lipinski definition) is 1. The lowest BCUT2D eigenvalue weighted by Gasteiger charge is -2.01. The van der Waals surface area contributed by atoms with Crippen LogP contribution in [-0.4, -0.2) is 15.3 Å².